The molecular formula is C12H22N2O4. The summed E-state index contributed by atoms with van der Waals surface area (Å²) in [5, 5.41) is 2.66. The molecule has 6 heteroatoms. The number of esters is 1. The van der Waals surface area contributed by atoms with Gasteiger partial charge >= 0.3 is 5.97 Å². The van der Waals surface area contributed by atoms with Gasteiger partial charge in [-0.25, -0.2) is 4.79 Å². The van der Waals surface area contributed by atoms with Crippen molar-refractivity contribution in [1.29, 1.82) is 0 Å². The Labute approximate surface area is 107 Å². The second kappa shape index (κ2) is 6.15. The summed E-state index contributed by atoms with van der Waals surface area (Å²) >= 11 is 0. The van der Waals surface area contributed by atoms with E-state index in [1.165, 1.54) is 7.11 Å². The molecule has 3 N–H and O–H groups in total. The predicted octanol–water partition coefficient (Wildman–Crippen LogP) is -0.192. The molecule has 6 nitrogen and oxygen atoms in total. The molecule has 0 bridgehead atoms. The van der Waals surface area contributed by atoms with Gasteiger partial charge in [-0.2, -0.15) is 0 Å². The molecule has 0 saturated carbocycles. The van der Waals surface area contributed by atoms with Gasteiger partial charge in [0.25, 0.3) is 0 Å². The minimum Gasteiger partial charge on any atom is -0.467 e. The summed E-state index contributed by atoms with van der Waals surface area (Å²) in [6.07, 6.45) is 0.990. The topological polar surface area (TPSA) is 90.7 Å². The van der Waals surface area contributed by atoms with Crippen LogP contribution >= 0.6 is 0 Å². The number of carbonyl (C=O) groups is 2. The molecule has 18 heavy (non-hydrogen) atoms. The zero-order valence-electron chi connectivity index (χ0n) is 11.2. The monoisotopic (exact) mass is 258 g/mol. The molecule has 0 radical (unpaired) electrons. The summed E-state index contributed by atoms with van der Waals surface area (Å²) < 4.78 is 9.81. The van der Waals surface area contributed by atoms with Crippen molar-refractivity contribution in [3.05, 3.63) is 0 Å². The summed E-state index contributed by atoms with van der Waals surface area (Å²) in [6, 6.07) is -0.650. The number of rotatable bonds is 5. The van der Waals surface area contributed by atoms with Gasteiger partial charge in [0.1, 0.15) is 11.6 Å². The molecule has 1 unspecified atom stereocenters. The SMILES string of the molecule is COC(=O)[C@H](CC(C)C)NC(=O)C1(N)CCOC1. The van der Waals surface area contributed by atoms with Crippen molar-refractivity contribution in [2.45, 2.75) is 38.3 Å². The summed E-state index contributed by atoms with van der Waals surface area (Å²) in [5.41, 5.74) is 4.91. The van der Waals surface area contributed by atoms with Crippen LogP contribution in [0.2, 0.25) is 0 Å². The maximum absolute atomic E-state index is 12.1. The molecule has 1 amide bonds. The van der Waals surface area contributed by atoms with Crippen molar-refractivity contribution in [2.24, 2.45) is 11.7 Å². The third-order valence-corrected chi connectivity index (χ3v) is 3.00. The lowest BCUT2D eigenvalue weighted by molar-refractivity contribution is -0.146. The molecule has 1 aliphatic heterocycles. The van der Waals surface area contributed by atoms with Crippen molar-refractivity contribution in [3.63, 3.8) is 0 Å². The van der Waals surface area contributed by atoms with E-state index in [1.54, 1.807) is 0 Å². The van der Waals surface area contributed by atoms with Crippen molar-refractivity contribution in [1.82, 2.24) is 5.32 Å². The van der Waals surface area contributed by atoms with Crippen molar-refractivity contribution in [3.8, 4) is 0 Å². The molecule has 0 aliphatic carbocycles. The number of nitrogens with one attached hydrogen (secondary N) is 1. The van der Waals surface area contributed by atoms with E-state index in [1.807, 2.05) is 13.8 Å². The van der Waals surface area contributed by atoms with Gasteiger partial charge in [-0.15, -0.1) is 0 Å². The smallest absolute Gasteiger partial charge is 0.328 e. The highest BCUT2D eigenvalue weighted by atomic mass is 16.5. The fraction of sp³-hybridized carbons (Fsp3) is 0.833. The molecule has 104 valence electrons. The van der Waals surface area contributed by atoms with Gasteiger partial charge in [0.2, 0.25) is 5.91 Å². The van der Waals surface area contributed by atoms with E-state index in [2.05, 4.69) is 10.1 Å². The van der Waals surface area contributed by atoms with Gasteiger partial charge in [0, 0.05) is 6.61 Å². The average molecular weight is 258 g/mol. The first-order valence-corrected chi connectivity index (χ1v) is 6.14. The van der Waals surface area contributed by atoms with E-state index in [9.17, 15) is 9.59 Å². The lowest BCUT2D eigenvalue weighted by atomic mass is 9.97. The van der Waals surface area contributed by atoms with Crippen LogP contribution < -0.4 is 11.1 Å². The molecule has 1 fully saturated rings. The summed E-state index contributed by atoms with van der Waals surface area (Å²) in [5.74, 6) is -0.529. The molecular weight excluding hydrogens is 236 g/mol. The van der Waals surface area contributed by atoms with Crippen LogP contribution in [0.5, 0.6) is 0 Å². The molecule has 0 aromatic heterocycles. The van der Waals surface area contributed by atoms with Crippen LogP contribution in [0.25, 0.3) is 0 Å². The van der Waals surface area contributed by atoms with Crippen LogP contribution in [0.3, 0.4) is 0 Å². The van der Waals surface area contributed by atoms with E-state index < -0.39 is 17.6 Å². The third-order valence-electron chi connectivity index (χ3n) is 3.00. The van der Waals surface area contributed by atoms with Crippen molar-refractivity contribution in [2.75, 3.05) is 20.3 Å². The number of methoxy groups -OCH3 is 1. The van der Waals surface area contributed by atoms with E-state index >= 15 is 0 Å². The second-order valence-corrected chi connectivity index (χ2v) is 5.14. The zero-order chi connectivity index (χ0) is 13.8. The van der Waals surface area contributed by atoms with Crippen molar-refractivity contribution < 1.29 is 19.1 Å². The van der Waals surface area contributed by atoms with Crippen LogP contribution in [-0.4, -0.2) is 43.8 Å². The van der Waals surface area contributed by atoms with Crippen LogP contribution in [0.15, 0.2) is 0 Å². The molecule has 1 aliphatic rings. The number of ether oxygens (including phenoxy) is 2. The quantitative estimate of drug-likeness (QED) is 0.667. The number of amides is 1. The second-order valence-electron chi connectivity index (χ2n) is 5.14. The van der Waals surface area contributed by atoms with Crippen LogP contribution in [-0.2, 0) is 19.1 Å². The first kappa shape index (κ1) is 14.9. The zero-order valence-corrected chi connectivity index (χ0v) is 11.2. The molecule has 0 spiro atoms. The number of carbonyl (C=O) groups excluding carboxylic acids is 2. The van der Waals surface area contributed by atoms with Crippen molar-refractivity contribution >= 4 is 11.9 Å². The van der Waals surface area contributed by atoms with Gasteiger partial charge in [-0.05, 0) is 18.8 Å². The fourth-order valence-corrected chi connectivity index (χ4v) is 1.89. The van der Waals surface area contributed by atoms with E-state index in [-0.39, 0.29) is 18.4 Å². The Bertz CT molecular complexity index is 311. The molecule has 1 rings (SSSR count). The van der Waals surface area contributed by atoms with Gasteiger partial charge in [-0.1, -0.05) is 13.8 Å². The van der Waals surface area contributed by atoms with E-state index in [0.717, 1.165) is 0 Å². The lowest BCUT2D eigenvalue weighted by Gasteiger charge is -2.25. The Balaban J connectivity index is 2.64. The Hall–Kier alpha value is -1.14. The summed E-state index contributed by atoms with van der Waals surface area (Å²) in [6.45, 7) is 4.60. The average Bonchev–Trinajstić information content (AvgIpc) is 2.75. The Kier molecular flexibility index (Phi) is 5.10. The van der Waals surface area contributed by atoms with E-state index in [4.69, 9.17) is 10.5 Å². The normalized spacial score (nSPS) is 24.9. The minimum atomic E-state index is -1.02. The molecule has 0 aromatic carbocycles. The first-order chi connectivity index (χ1) is 8.39. The lowest BCUT2D eigenvalue weighted by Crippen LogP contribution is -2.58. The summed E-state index contributed by atoms with van der Waals surface area (Å²) in [4.78, 5) is 23.6. The van der Waals surface area contributed by atoms with Gasteiger partial charge in [-0.3, -0.25) is 4.79 Å². The first-order valence-electron chi connectivity index (χ1n) is 6.14. The Morgan fingerprint density at radius 1 is 1.50 bits per heavy atom. The molecule has 2 atom stereocenters. The highest BCUT2D eigenvalue weighted by Crippen LogP contribution is 2.16. The predicted molar refractivity (Wildman–Crippen MR) is 65.8 cm³/mol. The fourth-order valence-electron chi connectivity index (χ4n) is 1.89. The highest BCUT2D eigenvalue weighted by Gasteiger charge is 2.40. The van der Waals surface area contributed by atoms with Crippen LogP contribution in [0.1, 0.15) is 26.7 Å². The van der Waals surface area contributed by atoms with Crippen LogP contribution in [0, 0.1) is 5.92 Å². The maximum Gasteiger partial charge on any atom is 0.328 e. The third kappa shape index (κ3) is 3.68. The highest BCUT2D eigenvalue weighted by molar-refractivity contribution is 5.90. The Morgan fingerprint density at radius 2 is 2.17 bits per heavy atom. The van der Waals surface area contributed by atoms with Gasteiger partial charge in [0.15, 0.2) is 0 Å². The molecule has 1 heterocycles. The molecule has 0 aromatic rings. The summed E-state index contributed by atoms with van der Waals surface area (Å²) in [7, 11) is 1.30. The number of hydrogen-bond donors (Lipinski definition) is 2. The Morgan fingerprint density at radius 3 is 2.61 bits per heavy atom. The van der Waals surface area contributed by atoms with E-state index in [0.29, 0.717) is 19.4 Å². The van der Waals surface area contributed by atoms with Crippen LogP contribution in [0.4, 0.5) is 0 Å². The minimum absolute atomic E-state index is 0.189. The number of nitrogens with two attached hydrogens (primary N) is 1. The van der Waals surface area contributed by atoms with Gasteiger partial charge < -0.3 is 20.5 Å². The maximum atomic E-state index is 12.1. The molecule has 1 saturated heterocycles. The standard InChI is InChI=1S/C12H22N2O4/c1-8(2)6-9(10(15)17-3)14-11(16)12(13)4-5-18-7-12/h8-9H,4-7,13H2,1-3H3,(H,14,16)/t9-,12?/m0/s1. The van der Waals surface area contributed by atoms with Gasteiger partial charge in [0.05, 0.1) is 13.7 Å². The number of hydrogen-bond acceptors (Lipinski definition) is 5. The largest absolute Gasteiger partial charge is 0.467 e.